The van der Waals surface area contributed by atoms with Crippen molar-refractivity contribution in [3.63, 3.8) is 0 Å². The van der Waals surface area contributed by atoms with Crippen LogP contribution in [0.15, 0.2) is 29.7 Å². The first-order valence-electron chi connectivity index (χ1n) is 6.23. The molecule has 1 aromatic rings. The molecule has 0 radical (unpaired) electrons. The predicted octanol–water partition coefficient (Wildman–Crippen LogP) is 1.07. The molecule has 0 bridgehead atoms. The summed E-state index contributed by atoms with van der Waals surface area (Å²) in [6.45, 7) is 1.95. The van der Waals surface area contributed by atoms with Crippen molar-refractivity contribution in [3.8, 4) is 0 Å². The molecule has 1 saturated heterocycles. The van der Waals surface area contributed by atoms with Crippen LogP contribution in [0.3, 0.4) is 0 Å². The Morgan fingerprint density at radius 1 is 1.25 bits per heavy atom. The Kier molecular flexibility index (Phi) is 4.31. The number of rotatable bonds is 4. The van der Waals surface area contributed by atoms with Gasteiger partial charge in [-0.1, -0.05) is 29.8 Å². The summed E-state index contributed by atoms with van der Waals surface area (Å²) in [5.41, 5.74) is 1.87. The van der Waals surface area contributed by atoms with Crippen LogP contribution in [0, 0.1) is 6.92 Å². The average molecular weight is 315 g/mol. The summed E-state index contributed by atoms with van der Waals surface area (Å²) >= 11 is 0. The molecule has 1 fully saturated rings. The van der Waals surface area contributed by atoms with Crippen LogP contribution in [-0.2, 0) is 19.9 Å². The van der Waals surface area contributed by atoms with Crippen molar-refractivity contribution in [2.45, 2.75) is 19.4 Å². The maximum Gasteiger partial charge on any atom is 0.234 e. The van der Waals surface area contributed by atoms with E-state index in [0.29, 0.717) is 6.42 Å². The van der Waals surface area contributed by atoms with E-state index in [1.807, 2.05) is 31.2 Å². The first-order chi connectivity index (χ1) is 9.26. The van der Waals surface area contributed by atoms with Gasteiger partial charge in [-0.25, -0.2) is 21.6 Å². The third-order valence-corrected chi connectivity index (χ3v) is 6.00. The highest BCUT2D eigenvalue weighted by atomic mass is 32.2. The van der Waals surface area contributed by atoms with Crippen LogP contribution in [0.5, 0.6) is 0 Å². The minimum Gasteiger partial charge on any atom is -0.229 e. The summed E-state index contributed by atoms with van der Waals surface area (Å²) in [5, 5.41) is 1.07. The van der Waals surface area contributed by atoms with Crippen molar-refractivity contribution in [1.82, 2.24) is 4.72 Å². The molecule has 2 rings (SSSR count). The van der Waals surface area contributed by atoms with E-state index < -0.39 is 25.9 Å². The van der Waals surface area contributed by atoms with Gasteiger partial charge in [0.1, 0.15) is 0 Å². The first kappa shape index (κ1) is 15.2. The molecule has 1 aromatic carbocycles. The molecule has 20 heavy (non-hydrogen) atoms. The Bertz CT molecular complexity index is 703. The second-order valence-corrected chi connectivity index (χ2v) is 8.80. The molecule has 110 valence electrons. The molecule has 5 nitrogen and oxygen atoms in total. The molecule has 1 aliphatic rings. The van der Waals surface area contributed by atoms with Crippen LogP contribution in [0.1, 0.15) is 17.5 Å². The third-order valence-electron chi connectivity index (χ3n) is 3.08. The van der Waals surface area contributed by atoms with E-state index in [-0.39, 0.29) is 11.5 Å². The molecule has 0 saturated carbocycles. The topological polar surface area (TPSA) is 80.3 Å². The van der Waals surface area contributed by atoms with Gasteiger partial charge in [-0.2, -0.15) is 0 Å². The fourth-order valence-electron chi connectivity index (χ4n) is 2.01. The highest BCUT2D eigenvalue weighted by molar-refractivity contribution is 7.93. The van der Waals surface area contributed by atoms with Crippen LogP contribution < -0.4 is 4.72 Å². The fourth-order valence-corrected chi connectivity index (χ4v) is 4.86. The third kappa shape index (κ3) is 4.43. The van der Waals surface area contributed by atoms with Crippen LogP contribution >= 0.6 is 0 Å². The Hall–Kier alpha value is -1.18. The molecular weight excluding hydrogens is 298 g/mol. The zero-order valence-electron chi connectivity index (χ0n) is 11.1. The monoisotopic (exact) mass is 315 g/mol. The number of aryl methyl sites for hydroxylation is 1. The summed E-state index contributed by atoms with van der Waals surface area (Å²) in [6.07, 6.45) is 1.82. The summed E-state index contributed by atoms with van der Waals surface area (Å²) in [5.74, 6) is -0.0769. The molecule has 1 atom stereocenters. The Labute approximate surface area is 119 Å². The molecule has 0 amide bonds. The van der Waals surface area contributed by atoms with Gasteiger partial charge in [0.2, 0.25) is 10.0 Å². The molecule has 0 spiro atoms. The van der Waals surface area contributed by atoms with E-state index in [1.165, 1.54) is 6.08 Å². The number of nitrogens with one attached hydrogen (secondary N) is 1. The minimum absolute atomic E-state index is 0.0435. The van der Waals surface area contributed by atoms with Crippen molar-refractivity contribution >= 4 is 25.9 Å². The lowest BCUT2D eigenvalue weighted by Gasteiger charge is -2.08. The lowest BCUT2D eigenvalue weighted by Crippen LogP contribution is -2.34. The second-order valence-electron chi connectivity index (χ2n) is 4.98. The number of hydrogen-bond donors (Lipinski definition) is 1. The smallest absolute Gasteiger partial charge is 0.229 e. The number of benzene rings is 1. The lowest BCUT2D eigenvalue weighted by atomic mass is 10.2. The van der Waals surface area contributed by atoms with E-state index in [4.69, 9.17) is 0 Å². The van der Waals surface area contributed by atoms with Crippen molar-refractivity contribution in [2.75, 3.05) is 11.5 Å². The van der Waals surface area contributed by atoms with E-state index in [0.717, 1.165) is 16.5 Å². The molecule has 0 aliphatic carbocycles. The Morgan fingerprint density at radius 2 is 1.90 bits per heavy atom. The van der Waals surface area contributed by atoms with E-state index in [9.17, 15) is 16.8 Å². The maximum atomic E-state index is 11.8. The Balaban J connectivity index is 2.02. The van der Waals surface area contributed by atoms with Crippen LogP contribution in [0.4, 0.5) is 0 Å². The predicted molar refractivity (Wildman–Crippen MR) is 79.3 cm³/mol. The zero-order valence-corrected chi connectivity index (χ0v) is 12.7. The van der Waals surface area contributed by atoms with Gasteiger partial charge in [0.25, 0.3) is 0 Å². The largest absolute Gasteiger partial charge is 0.234 e. The van der Waals surface area contributed by atoms with Crippen molar-refractivity contribution in [3.05, 3.63) is 40.8 Å². The second kappa shape index (κ2) is 5.67. The average Bonchev–Trinajstić information content (AvgIpc) is 2.67. The quantitative estimate of drug-likeness (QED) is 0.901. The SMILES string of the molecule is Cc1ccc(C=CS(=O)(=O)NC2CCS(=O)(=O)C2)cc1. The summed E-state index contributed by atoms with van der Waals surface area (Å²) in [4.78, 5) is 0. The number of hydrogen-bond acceptors (Lipinski definition) is 4. The highest BCUT2D eigenvalue weighted by Gasteiger charge is 2.30. The molecular formula is C13H17NO4S2. The van der Waals surface area contributed by atoms with E-state index in [1.54, 1.807) is 0 Å². The molecule has 1 N–H and O–H groups in total. The minimum atomic E-state index is -3.62. The van der Waals surface area contributed by atoms with Crippen LogP contribution in [0.2, 0.25) is 0 Å². The van der Waals surface area contributed by atoms with Crippen LogP contribution in [0.25, 0.3) is 6.08 Å². The van der Waals surface area contributed by atoms with Gasteiger partial charge in [-0.15, -0.1) is 0 Å². The molecule has 7 heteroatoms. The van der Waals surface area contributed by atoms with Crippen LogP contribution in [-0.4, -0.2) is 34.4 Å². The summed E-state index contributed by atoms with van der Waals surface area (Å²) < 4.78 is 48.7. The zero-order chi connectivity index (χ0) is 14.8. The maximum absolute atomic E-state index is 11.8. The van der Waals surface area contributed by atoms with E-state index in [2.05, 4.69) is 4.72 Å². The molecule has 0 aromatic heterocycles. The number of sulfonamides is 1. The van der Waals surface area contributed by atoms with E-state index >= 15 is 0 Å². The van der Waals surface area contributed by atoms with Gasteiger partial charge in [0.15, 0.2) is 9.84 Å². The Morgan fingerprint density at radius 3 is 2.45 bits per heavy atom. The summed E-state index contributed by atoms with van der Waals surface area (Å²) in [7, 11) is -6.71. The highest BCUT2D eigenvalue weighted by Crippen LogP contribution is 2.13. The number of sulfone groups is 1. The summed E-state index contributed by atoms with van der Waals surface area (Å²) in [6, 6.07) is 6.91. The fraction of sp³-hybridized carbons (Fsp3) is 0.385. The van der Waals surface area contributed by atoms with Crippen molar-refractivity contribution in [1.29, 1.82) is 0 Å². The molecule has 1 unspecified atom stereocenters. The van der Waals surface area contributed by atoms with Gasteiger partial charge in [0.05, 0.1) is 11.5 Å². The van der Waals surface area contributed by atoms with Gasteiger partial charge in [-0.3, -0.25) is 0 Å². The van der Waals surface area contributed by atoms with Gasteiger partial charge >= 0.3 is 0 Å². The normalized spacial score (nSPS) is 22.4. The van der Waals surface area contributed by atoms with Gasteiger partial charge < -0.3 is 0 Å². The van der Waals surface area contributed by atoms with Gasteiger partial charge in [0, 0.05) is 11.4 Å². The standard InChI is InChI=1S/C13H17NO4S2/c1-11-2-4-12(5-3-11)6-9-20(17,18)14-13-7-8-19(15,16)10-13/h2-6,9,13-14H,7-8,10H2,1H3. The first-order valence-corrected chi connectivity index (χ1v) is 9.60. The van der Waals surface area contributed by atoms with Crippen molar-refractivity contribution < 1.29 is 16.8 Å². The molecule has 1 aliphatic heterocycles. The lowest BCUT2D eigenvalue weighted by molar-refractivity contribution is 0.571. The van der Waals surface area contributed by atoms with Crippen molar-refractivity contribution in [2.24, 2.45) is 0 Å². The molecule has 1 heterocycles. The van der Waals surface area contributed by atoms with Gasteiger partial charge in [-0.05, 0) is 25.0 Å².